The predicted molar refractivity (Wildman–Crippen MR) is 265 cm³/mol. The number of rotatable bonds is 37. The third-order valence-electron chi connectivity index (χ3n) is 10.9. The summed E-state index contributed by atoms with van der Waals surface area (Å²) in [5, 5.41) is 26.5. The largest absolute Gasteiger partial charge is 0.790 e. The number of phosphoric ester groups is 3. The van der Waals surface area contributed by atoms with Crippen LogP contribution >= 0.6 is 35.2 Å². The van der Waals surface area contributed by atoms with Crippen LogP contribution in [0.4, 0.5) is 5.82 Å². The first-order valence-corrected chi connectivity index (χ1v) is 29.5. The highest BCUT2D eigenvalue weighted by atomic mass is 32.2. The Bertz CT molecular complexity index is 2300. The molecule has 1 saturated heterocycles. The molecule has 73 heavy (non-hydrogen) atoms. The molecule has 2 amide bonds. The van der Waals surface area contributed by atoms with Crippen LogP contribution in [0.3, 0.4) is 0 Å². The highest BCUT2D eigenvalue weighted by Gasteiger charge is 2.47. The number of allylic oxidation sites excluding steroid dienone is 8. The van der Waals surface area contributed by atoms with Crippen molar-refractivity contribution in [3.05, 3.63) is 61.3 Å². The fourth-order valence-electron chi connectivity index (χ4n) is 6.97. The second-order valence-electron chi connectivity index (χ2n) is 17.6. The fourth-order valence-corrected chi connectivity index (χ4v) is 10.4. The van der Waals surface area contributed by atoms with Crippen LogP contribution < -0.4 is 35.9 Å². The summed E-state index contributed by atoms with van der Waals surface area (Å²) in [6.07, 6.45) is 24.5. The number of carbonyl (C=O) groups is 3. The highest BCUT2D eigenvalue weighted by Crippen LogP contribution is 2.56. The van der Waals surface area contributed by atoms with Gasteiger partial charge in [-0.15, -0.1) is 0 Å². The van der Waals surface area contributed by atoms with Crippen LogP contribution in [0.1, 0.15) is 123 Å². The maximum absolute atomic E-state index is 12.7. The van der Waals surface area contributed by atoms with Gasteiger partial charge in [-0.05, 0) is 51.4 Å². The molecule has 0 saturated carbocycles. The van der Waals surface area contributed by atoms with Crippen molar-refractivity contribution in [1.82, 2.24) is 30.2 Å². The number of fused-ring (bicyclic) bond motifs is 1. The number of carbonyl (C=O) groups excluding carboxylic acids is 3. The lowest BCUT2D eigenvalue weighted by atomic mass is 9.87. The minimum Gasteiger partial charge on any atom is -0.790 e. The molecule has 0 aliphatic carbocycles. The normalized spacial score (nSPS) is 19.8. The molecule has 0 spiro atoms. The molecule has 28 heteroatoms. The number of anilines is 1. The quantitative estimate of drug-likeness (QED) is 0.0364. The van der Waals surface area contributed by atoms with Crippen LogP contribution in [-0.4, -0.2) is 103 Å². The molecule has 3 rings (SSSR count). The van der Waals surface area contributed by atoms with E-state index in [0.717, 1.165) is 86.8 Å². The van der Waals surface area contributed by atoms with Gasteiger partial charge in [0.2, 0.25) is 11.8 Å². The van der Waals surface area contributed by atoms with Gasteiger partial charge >= 0.3 is 0 Å². The summed E-state index contributed by atoms with van der Waals surface area (Å²) >= 11 is 1.13. The first-order valence-electron chi connectivity index (χ1n) is 24.1. The molecular formula is C45H70N7O17P3S-4. The van der Waals surface area contributed by atoms with Crippen molar-refractivity contribution in [2.24, 2.45) is 5.41 Å². The van der Waals surface area contributed by atoms with E-state index in [1.807, 2.05) is 0 Å². The van der Waals surface area contributed by atoms with Crippen molar-refractivity contribution in [3.8, 4) is 0 Å². The monoisotopic (exact) mass is 1110 g/mol. The zero-order valence-corrected chi connectivity index (χ0v) is 44.9. The topological polar surface area (TPSA) is 375 Å². The van der Waals surface area contributed by atoms with E-state index in [0.29, 0.717) is 12.2 Å². The Hall–Kier alpha value is -3.48. The van der Waals surface area contributed by atoms with Crippen molar-refractivity contribution in [3.63, 3.8) is 0 Å². The molecule has 7 atom stereocenters. The molecule has 1 aliphatic rings. The fraction of sp³-hybridized carbons (Fsp3) is 0.644. The lowest BCUT2D eigenvalue weighted by molar-refractivity contribution is -0.347. The van der Waals surface area contributed by atoms with Gasteiger partial charge in [-0.3, -0.25) is 28.1 Å². The van der Waals surface area contributed by atoms with Crippen molar-refractivity contribution in [1.29, 1.82) is 0 Å². The van der Waals surface area contributed by atoms with Crippen molar-refractivity contribution in [2.75, 3.05) is 37.8 Å². The number of thioether (sulfide) groups is 1. The zero-order chi connectivity index (χ0) is 53.9. The van der Waals surface area contributed by atoms with E-state index in [9.17, 15) is 57.9 Å². The maximum Gasteiger partial charge on any atom is 0.274 e. The molecule has 1 aliphatic heterocycles. The highest BCUT2D eigenvalue weighted by molar-refractivity contribution is 8.13. The molecule has 24 nitrogen and oxygen atoms in total. The van der Waals surface area contributed by atoms with Crippen LogP contribution in [0.25, 0.3) is 11.2 Å². The van der Waals surface area contributed by atoms with Gasteiger partial charge < -0.3 is 69.0 Å². The summed E-state index contributed by atoms with van der Waals surface area (Å²) in [5.74, 6) is -1.16. The van der Waals surface area contributed by atoms with Gasteiger partial charge in [-0.25, -0.2) is 19.3 Å². The number of nitrogens with one attached hydrogen (secondary N) is 2. The van der Waals surface area contributed by atoms with Gasteiger partial charge in [-0.1, -0.05) is 113 Å². The first-order chi connectivity index (χ1) is 34.6. The van der Waals surface area contributed by atoms with E-state index >= 15 is 0 Å². The van der Waals surface area contributed by atoms with Crippen LogP contribution in [0.5, 0.6) is 0 Å². The zero-order valence-electron chi connectivity index (χ0n) is 41.4. The summed E-state index contributed by atoms with van der Waals surface area (Å²) in [7, 11) is -17.6. The van der Waals surface area contributed by atoms with E-state index in [1.165, 1.54) is 39.5 Å². The number of unbranched alkanes of at least 4 members (excludes halogenated alkanes) is 8. The SMILES string of the molecule is CCCCC/C=C\C/C=C\C/C=C\C/C=C\CCCCCCCC(=O)SCCNC(=O)CCNC(=O)[C@H](O)C(C)(C)COP(=O)([O-])OP(=O)([O-])OC[C@H]1O[C@@H](n2cnc3c(N)ncnc32)[C@H](O)[C@@H]1OP(=O)([O-])[O-]. The minimum absolute atomic E-state index is 0.0203. The number of imidazole rings is 1. The number of amides is 2. The Morgan fingerprint density at radius 2 is 1.45 bits per heavy atom. The Labute approximate surface area is 430 Å². The van der Waals surface area contributed by atoms with Gasteiger partial charge in [0.25, 0.3) is 15.6 Å². The Kier molecular flexibility index (Phi) is 28.7. The number of ether oxygens (including phenoxy) is 1. The standard InChI is InChI=1S/C45H74N7O17P3S/c1-4-5-6-7-8-9-10-11-12-13-14-15-16-17-18-19-20-21-22-23-24-25-36(54)73-29-28-47-35(53)26-27-48-43(57)40(56)45(2,3)31-66-72(63,64)69-71(61,62)65-30-34-39(68-70(58,59)60)38(55)44(67-34)52-33-51-37-41(46)49-32-50-42(37)52/h8-9,11-12,14-15,17-18,32-34,38-40,44,55-56H,4-7,10,13,16,19-31H2,1-3H3,(H,47,53)(H,48,57)(H,61,62)(H,63,64)(H2,46,49,50)(H2,58,59,60)/p-4/b9-8-,12-11-,15-14-,18-17-/t34-,38-,39-,40+,44-/m1/s1. The van der Waals surface area contributed by atoms with Crippen molar-refractivity contribution < 1.29 is 80.5 Å². The van der Waals surface area contributed by atoms with Crippen molar-refractivity contribution in [2.45, 2.75) is 148 Å². The molecule has 0 radical (unpaired) electrons. The smallest absolute Gasteiger partial charge is 0.274 e. The molecule has 3 heterocycles. The number of phosphoric acid groups is 3. The summed E-state index contributed by atoms with van der Waals surface area (Å²) < 4.78 is 60.9. The Balaban J connectivity index is 1.25. The van der Waals surface area contributed by atoms with Gasteiger partial charge in [0.05, 0.1) is 27.4 Å². The van der Waals surface area contributed by atoms with Crippen LogP contribution in [0.15, 0.2) is 61.3 Å². The minimum atomic E-state index is -5.92. The lowest BCUT2D eigenvalue weighted by Crippen LogP contribution is -2.46. The molecule has 412 valence electrons. The molecule has 0 aromatic carbocycles. The first kappa shape index (κ1) is 63.8. The summed E-state index contributed by atoms with van der Waals surface area (Å²) in [4.78, 5) is 97.0. The van der Waals surface area contributed by atoms with Gasteiger partial charge in [-0.2, -0.15) is 0 Å². The van der Waals surface area contributed by atoms with Crippen LogP contribution in [-0.2, 0) is 50.7 Å². The Morgan fingerprint density at radius 3 is 2.10 bits per heavy atom. The van der Waals surface area contributed by atoms with Gasteiger partial charge in [0.15, 0.2) is 22.8 Å². The number of hydrogen-bond donors (Lipinski definition) is 5. The van der Waals surface area contributed by atoms with E-state index < -0.39 is 84.6 Å². The number of aliphatic hydroxyl groups excluding tert-OH is 2. The van der Waals surface area contributed by atoms with E-state index in [1.54, 1.807) is 0 Å². The average Bonchev–Trinajstić information content (AvgIpc) is 3.88. The predicted octanol–water partition coefficient (Wildman–Crippen LogP) is 3.84. The number of nitrogens with zero attached hydrogens (tertiary/aromatic N) is 4. The van der Waals surface area contributed by atoms with Crippen molar-refractivity contribution >= 4 is 69.1 Å². The van der Waals surface area contributed by atoms with E-state index in [4.69, 9.17) is 10.5 Å². The molecule has 0 bridgehead atoms. The van der Waals surface area contributed by atoms with E-state index in [2.05, 4.69) is 99.0 Å². The third-order valence-corrected chi connectivity index (χ3v) is 14.9. The summed E-state index contributed by atoms with van der Waals surface area (Å²) in [6, 6.07) is 0. The summed E-state index contributed by atoms with van der Waals surface area (Å²) in [6.45, 7) is 2.36. The second-order valence-corrected chi connectivity index (χ2v) is 22.8. The van der Waals surface area contributed by atoms with Crippen LogP contribution in [0.2, 0.25) is 0 Å². The number of hydrogen-bond acceptors (Lipinski definition) is 22. The molecule has 6 N–H and O–H groups in total. The molecule has 2 unspecified atom stereocenters. The number of nitrogens with two attached hydrogens (primary N) is 1. The second kappa shape index (κ2) is 32.8. The van der Waals surface area contributed by atoms with E-state index in [-0.39, 0.29) is 41.6 Å². The van der Waals surface area contributed by atoms with Gasteiger partial charge in [0.1, 0.15) is 36.3 Å². The summed E-state index contributed by atoms with van der Waals surface area (Å²) in [5.41, 5.74) is 4.09. The van der Waals surface area contributed by atoms with Crippen LogP contribution in [0, 0.1) is 5.41 Å². The Morgan fingerprint density at radius 1 is 0.849 bits per heavy atom. The molecule has 2 aromatic heterocycles. The lowest BCUT2D eigenvalue weighted by Gasteiger charge is -2.36. The maximum atomic E-state index is 12.7. The molecule has 2 aromatic rings. The third kappa shape index (κ3) is 25.3. The number of aromatic nitrogens is 4. The van der Waals surface area contributed by atoms with Gasteiger partial charge in [0, 0.05) is 37.1 Å². The average molecular weight is 1110 g/mol. The molecular weight excluding hydrogens is 1040 g/mol. The molecule has 1 fully saturated rings. The number of nitrogen functional groups attached to an aromatic ring is 1. The number of aliphatic hydroxyl groups is 2.